The van der Waals surface area contributed by atoms with E-state index in [1.54, 1.807) is 4.57 Å². The quantitative estimate of drug-likeness (QED) is 0.527. The molecule has 1 N–H and O–H groups in total. The van der Waals surface area contributed by atoms with E-state index >= 15 is 0 Å². The third kappa shape index (κ3) is 0.899. The molecule has 5 nitrogen and oxygen atoms in total. The first-order chi connectivity index (χ1) is 5.25. The normalized spacial score (nSPS) is 14.4. The molecule has 0 bridgehead atoms. The van der Waals surface area contributed by atoms with E-state index in [2.05, 4.69) is 10.3 Å². The summed E-state index contributed by atoms with van der Waals surface area (Å²) >= 11 is 0. The summed E-state index contributed by atoms with van der Waals surface area (Å²) in [6.45, 7) is 0.253. The smallest absolute Gasteiger partial charge is 0.274 e. The van der Waals surface area contributed by atoms with Gasteiger partial charge in [-0.3, -0.25) is 9.59 Å². The molecule has 1 amide bonds. The van der Waals surface area contributed by atoms with E-state index in [0.29, 0.717) is 5.82 Å². The van der Waals surface area contributed by atoms with Crippen LogP contribution in [-0.4, -0.2) is 15.5 Å². The van der Waals surface area contributed by atoms with Crippen molar-refractivity contribution in [2.75, 3.05) is 5.32 Å². The van der Waals surface area contributed by atoms with Crippen LogP contribution < -0.4 is 10.9 Å². The van der Waals surface area contributed by atoms with Crippen LogP contribution in [0.25, 0.3) is 0 Å². The number of carbonyl (C=O) groups excluding carboxylic acids is 1. The number of nitrogens with zero attached hydrogens (tertiary/aromatic N) is 2. The van der Waals surface area contributed by atoms with E-state index < -0.39 is 0 Å². The zero-order valence-electron chi connectivity index (χ0n) is 5.57. The number of aromatic nitrogens is 2. The van der Waals surface area contributed by atoms with Gasteiger partial charge in [-0.2, -0.15) is 4.98 Å². The van der Waals surface area contributed by atoms with Gasteiger partial charge in [0.15, 0.2) is 0 Å². The molecule has 1 aromatic heterocycles. The van der Waals surface area contributed by atoms with E-state index in [1.165, 1.54) is 12.4 Å². The Labute approximate surface area is 61.7 Å². The summed E-state index contributed by atoms with van der Waals surface area (Å²) in [5.41, 5.74) is -0.335. The molecule has 56 valence electrons. The molecule has 0 saturated carbocycles. The van der Waals surface area contributed by atoms with Crippen molar-refractivity contribution in [2.24, 2.45) is 0 Å². The van der Waals surface area contributed by atoms with E-state index in [-0.39, 0.29) is 18.0 Å². The van der Waals surface area contributed by atoms with Gasteiger partial charge in [-0.15, -0.1) is 0 Å². The lowest BCUT2D eigenvalue weighted by Crippen LogP contribution is -2.07. The summed E-state index contributed by atoms with van der Waals surface area (Å²) in [6, 6.07) is 1.30. The number of anilines is 1. The molecule has 0 radical (unpaired) electrons. The highest BCUT2D eigenvalue weighted by Gasteiger charge is 2.15. The molecule has 5 heteroatoms. The first-order valence-corrected chi connectivity index (χ1v) is 3.12. The maximum absolute atomic E-state index is 10.7. The fourth-order valence-electron chi connectivity index (χ4n) is 0.997. The second-order valence-corrected chi connectivity index (χ2v) is 2.29. The summed E-state index contributed by atoms with van der Waals surface area (Å²) < 4.78 is 1.59. The number of nitrogens with one attached hydrogen (secondary N) is 1. The Kier molecular flexibility index (Phi) is 1.06. The van der Waals surface area contributed by atoms with Gasteiger partial charge in [-0.25, -0.2) is 0 Å². The molecule has 1 aromatic rings. The van der Waals surface area contributed by atoms with Crippen LogP contribution in [0.15, 0.2) is 17.2 Å². The topological polar surface area (TPSA) is 64.0 Å². The van der Waals surface area contributed by atoms with Crippen LogP contribution in [0.4, 0.5) is 5.82 Å². The minimum Gasteiger partial charge on any atom is -0.310 e. The predicted octanol–water partition coefficient (Wildman–Crippen LogP) is -0.805. The van der Waals surface area contributed by atoms with E-state index in [0.717, 1.165) is 0 Å². The number of hydrogen-bond donors (Lipinski definition) is 1. The average Bonchev–Trinajstić information content (AvgIpc) is 2.27. The molecule has 0 unspecified atom stereocenters. The molecule has 11 heavy (non-hydrogen) atoms. The van der Waals surface area contributed by atoms with E-state index in [4.69, 9.17) is 0 Å². The monoisotopic (exact) mass is 151 g/mol. The van der Waals surface area contributed by atoms with Crippen LogP contribution in [0.1, 0.15) is 0 Å². The second kappa shape index (κ2) is 1.91. The molecular formula is C6H5N3O2. The summed E-state index contributed by atoms with van der Waals surface area (Å²) in [5.74, 6) is 0.410. The van der Waals surface area contributed by atoms with Crippen molar-refractivity contribution in [1.29, 1.82) is 0 Å². The summed E-state index contributed by atoms with van der Waals surface area (Å²) in [7, 11) is 0. The molecule has 1 aliphatic rings. The number of carbonyl (C=O) groups is 1. The Balaban J connectivity index is 2.59. The fourth-order valence-corrected chi connectivity index (χ4v) is 0.997. The van der Waals surface area contributed by atoms with E-state index in [1.807, 2.05) is 0 Å². The van der Waals surface area contributed by atoms with Crippen molar-refractivity contribution < 1.29 is 4.79 Å². The molecule has 0 aliphatic carbocycles. The SMILES string of the molecule is O=C1Cn2cnc(=O)cc2N1. The Hall–Kier alpha value is -1.65. The highest BCUT2D eigenvalue weighted by Crippen LogP contribution is 2.09. The van der Waals surface area contributed by atoms with Crippen LogP contribution in [0.5, 0.6) is 0 Å². The molecule has 0 fully saturated rings. The standard InChI is InChI=1S/C6H5N3O2/c10-5-1-4-8-6(11)2-9(4)3-7-5/h1,3H,2H2,(H,8,11). The zero-order valence-corrected chi connectivity index (χ0v) is 5.57. The molecule has 2 heterocycles. The molecule has 2 rings (SSSR count). The predicted molar refractivity (Wildman–Crippen MR) is 37.1 cm³/mol. The summed E-state index contributed by atoms with van der Waals surface area (Å²) in [5, 5.41) is 2.52. The zero-order chi connectivity index (χ0) is 7.84. The Morgan fingerprint density at radius 2 is 2.36 bits per heavy atom. The van der Waals surface area contributed by atoms with Crippen LogP contribution in [-0.2, 0) is 11.3 Å². The van der Waals surface area contributed by atoms with Crippen LogP contribution >= 0.6 is 0 Å². The molecule has 0 aromatic carbocycles. The van der Waals surface area contributed by atoms with Crippen LogP contribution in [0, 0.1) is 0 Å². The molecule has 0 spiro atoms. The lowest BCUT2D eigenvalue weighted by atomic mass is 10.6. The van der Waals surface area contributed by atoms with Crippen LogP contribution in [0.3, 0.4) is 0 Å². The number of amides is 1. The maximum Gasteiger partial charge on any atom is 0.274 e. The minimum absolute atomic E-state index is 0.114. The van der Waals surface area contributed by atoms with E-state index in [9.17, 15) is 9.59 Å². The minimum atomic E-state index is -0.335. The highest BCUT2D eigenvalue weighted by atomic mass is 16.2. The Bertz CT molecular complexity index is 368. The first-order valence-electron chi connectivity index (χ1n) is 3.12. The van der Waals surface area contributed by atoms with Gasteiger partial charge in [0, 0.05) is 6.07 Å². The van der Waals surface area contributed by atoms with Gasteiger partial charge in [0.2, 0.25) is 5.91 Å². The van der Waals surface area contributed by atoms with Crippen molar-refractivity contribution in [3.05, 3.63) is 22.7 Å². The van der Waals surface area contributed by atoms with Crippen molar-refractivity contribution in [3.63, 3.8) is 0 Å². The van der Waals surface area contributed by atoms with Gasteiger partial charge >= 0.3 is 0 Å². The van der Waals surface area contributed by atoms with Crippen molar-refractivity contribution in [2.45, 2.75) is 6.54 Å². The van der Waals surface area contributed by atoms with Gasteiger partial charge in [0.1, 0.15) is 18.7 Å². The van der Waals surface area contributed by atoms with Crippen molar-refractivity contribution in [1.82, 2.24) is 9.55 Å². The molecular weight excluding hydrogens is 146 g/mol. The van der Waals surface area contributed by atoms with Gasteiger partial charge in [0.05, 0.1) is 0 Å². The number of rotatable bonds is 0. The lowest BCUT2D eigenvalue weighted by molar-refractivity contribution is -0.115. The van der Waals surface area contributed by atoms with Gasteiger partial charge in [-0.05, 0) is 0 Å². The molecule has 1 aliphatic heterocycles. The van der Waals surface area contributed by atoms with Crippen LogP contribution in [0.2, 0.25) is 0 Å². The van der Waals surface area contributed by atoms with Gasteiger partial charge in [0.25, 0.3) is 5.56 Å². The third-order valence-corrected chi connectivity index (χ3v) is 1.48. The van der Waals surface area contributed by atoms with Gasteiger partial charge in [-0.1, -0.05) is 0 Å². The maximum atomic E-state index is 10.7. The summed E-state index contributed by atoms with van der Waals surface area (Å²) in [4.78, 5) is 24.9. The van der Waals surface area contributed by atoms with Crippen molar-refractivity contribution in [3.8, 4) is 0 Å². The summed E-state index contributed by atoms with van der Waals surface area (Å²) in [6.07, 6.45) is 1.36. The van der Waals surface area contributed by atoms with Crippen molar-refractivity contribution >= 4 is 11.7 Å². The average molecular weight is 151 g/mol. The van der Waals surface area contributed by atoms with Gasteiger partial charge < -0.3 is 9.88 Å². The second-order valence-electron chi connectivity index (χ2n) is 2.29. The third-order valence-electron chi connectivity index (χ3n) is 1.48. The Morgan fingerprint density at radius 1 is 1.55 bits per heavy atom. The lowest BCUT2D eigenvalue weighted by Gasteiger charge is -1.95. The molecule has 0 saturated heterocycles. The first kappa shape index (κ1) is 6.09. The molecule has 0 atom stereocenters. The largest absolute Gasteiger partial charge is 0.310 e. The highest BCUT2D eigenvalue weighted by molar-refractivity contribution is 5.93. The Morgan fingerprint density at radius 3 is 3.18 bits per heavy atom. The number of hydrogen-bond acceptors (Lipinski definition) is 3. The number of fused-ring (bicyclic) bond motifs is 1. The fraction of sp³-hybridized carbons (Fsp3) is 0.167.